The second-order valence-electron chi connectivity index (χ2n) is 16.1. The number of rotatable bonds is 5. The van der Waals surface area contributed by atoms with Crippen molar-refractivity contribution in [2.24, 2.45) is 0 Å². The van der Waals surface area contributed by atoms with E-state index in [9.17, 15) is 18.4 Å². The van der Waals surface area contributed by atoms with Crippen LogP contribution in [0.5, 0.6) is 0 Å². The van der Waals surface area contributed by atoms with Crippen molar-refractivity contribution in [3.63, 3.8) is 0 Å². The maximum Gasteiger partial charge on any atom is 0.416 e. The van der Waals surface area contributed by atoms with Gasteiger partial charge in [-0.15, -0.1) is 0 Å². The fourth-order valence-corrected chi connectivity index (χ4v) is 9.36. The molecular formula is C55H37F3N4. The lowest BCUT2D eigenvalue weighted by molar-refractivity contribution is -0.137. The topological polar surface area (TPSA) is 38.0 Å². The summed E-state index contributed by atoms with van der Waals surface area (Å²) in [5, 5.41) is 14.4. The van der Waals surface area contributed by atoms with E-state index < -0.39 is 11.7 Å². The Morgan fingerprint density at radius 1 is 0.500 bits per heavy atom. The standard InChI is InChI=1S/C55H37F3N4/c1-32-14-19-40(34(3)24-32)36-16-22-51-46(27-36)43-10-6-8-12-49(43)61(51)53-29-45(42-21-18-39(55(56,57)58)26-38(42)31-59)48(60-5)30-54(53)62-50-13-9-7-11-44(50)47-28-37(17-23-52(47)62)41-20-15-33(2)25-35(41)4/h6-30H,1-4H3. The lowest BCUT2D eigenvalue weighted by Gasteiger charge is -2.20. The highest BCUT2D eigenvalue weighted by Crippen LogP contribution is 2.45. The largest absolute Gasteiger partial charge is 0.416 e. The van der Waals surface area contributed by atoms with Crippen LogP contribution in [0.1, 0.15) is 33.4 Å². The van der Waals surface area contributed by atoms with Crippen LogP contribution in [0, 0.1) is 45.6 Å². The van der Waals surface area contributed by atoms with Crippen LogP contribution >= 0.6 is 0 Å². The molecule has 0 saturated heterocycles. The van der Waals surface area contributed by atoms with E-state index in [0.717, 1.165) is 78.0 Å². The lowest BCUT2D eigenvalue weighted by Crippen LogP contribution is -2.06. The molecule has 0 aliphatic carbocycles. The molecule has 0 atom stereocenters. The average Bonchev–Trinajstić information content (AvgIpc) is 3.77. The molecule has 0 fully saturated rings. The highest BCUT2D eigenvalue weighted by molar-refractivity contribution is 6.13. The Hall–Kier alpha value is -7.87. The zero-order chi connectivity index (χ0) is 43.0. The van der Waals surface area contributed by atoms with Gasteiger partial charge in [-0.25, -0.2) is 4.85 Å². The van der Waals surface area contributed by atoms with E-state index in [0.29, 0.717) is 16.9 Å². The molecule has 0 amide bonds. The molecular weight excluding hydrogens is 774 g/mol. The van der Waals surface area contributed by atoms with E-state index in [1.807, 2.05) is 42.5 Å². The van der Waals surface area contributed by atoms with E-state index in [1.54, 1.807) is 0 Å². The van der Waals surface area contributed by atoms with Crippen LogP contribution in [-0.2, 0) is 6.18 Å². The van der Waals surface area contributed by atoms with Gasteiger partial charge in [-0.1, -0.05) is 102 Å². The minimum absolute atomic E-state index is 0.167. The third-order valence-corrected chi connectivity index (χ3v) is 12.2. The fourth-order valence-electron chi connectivity index (χ4n) is 9.36. The molecule has 0 radical (unpaired) electrons. The summed E-state index contributed by atoms with van der Waals surface area (Å²) in [7, 11) is 0. The van der Waals surface area contributed by atoms with Crippen molar-refractivity contribution in [2.45, 2.75) is 33.9 Å². The Bertz CT molecular complexity index is 3590. The summed E-state index contributed by atoms with van der Waals surface area (Å²) in [6.07, 6.45) is -4.64. The Morgan fingerprint density at radius 3 is 1.47 bits per heavy atom. The molecule has 4 nitrogen and oxygen atoms in total. The molecule has 0 N–H and O–H groups in total. The summed E-state index contributed by atoms with van der Waals surface area (Å²) in [5.41, 5.74) is 14.0. The first-order chi connectivity index (χ1) is 29.9. The van der Waals surface area contributed by atoms with E-state index in [-0.39, 0.29) is 16.8 Å². The zero-order valence-corrected chi connectivity index (χ0v) is 34.4. The quantitative estimate of drug-likeness (QED) is 0.160. The monoisotopic (exact) mass is 810 g/mol. The number of alkyl halides is 3. The number of benzene rings is 8. The highest BCUT2D eigenvalue weighted by atomic mass is 19.4. The van der Waals surface area contributed by atoms with Gasteiger partial charge in [0.25, 0.3) is 0 Å². The summed E-state index contributed by atoms with van der Waals surface area (Å²) in [6, 6.07) is 51.2. The SMILES string of the molecule is [C-]#[N+]c1cc(-n2c3ccccc3c3cc(-c4ccc(C)cc4C)ccc32)c(-n2c3ccccc3c3cc(-c4ccc(C)cc4C)ccc32)cc1-c1ccc(C(F)(F)F)cc1C#N. The molecule has 8 aromatic carbocycles. The Morgan fingerprint density at radius 2 is 0.984 bits per heavy atom. The van der Waals surface area contributed by atoms with Crippen LogP contribution in [0.15, 0.2) is 152 Å². The van der Waals surface area contributed by atoms with E-state index in [4.69, 9.17) is 6.57 Å². The minimum Gasteiger partial charge on any atom is -0.308 e. The van der Waals surface area contributed by atoms with E-state index >= 15 is 0 Å². The van der Waals surface area contributed by atoms with Crippen LogP contribution < -0.4 is 0 Å². The summed E-state index contributed by atoms with van der Waals surface area (Å²) in [4.78, 5) is 4.00. The van der Waals surface area contributed by atoms with Crippen molar-refractivity contribution < 1.29 is 13.2 Å². The number of halogens is 3. The lowest BCUT2D eigenvalue weighted by atomic mass is 9.95. The molecule has 0 aliphatic heterocycles. The number of aryl methyl sites for hydroxylation is 4. The molecule has 0 aliphatic rings. The number of hydrogen-bond acceptors (Lipinski definition) is 1. The Labute approximate surface area is 356 Å². The molecule has 0 unspecified atom stereocenters. The molecule has 0 saturated carbocycles. The third kappa shape index (κ3) is 6.13. The molecule has 7 heteroatoms. The van der Waals surface area contributed by atoms with Gasteiger partial charge < -0.3 is 9.13 Å². The zero-order valence-electron chi connectivity index (χ0n) is 34.4. The molecule has 2 heterocycles. The molecule has 298 valence electrons. The molecule has 62 heavy (non-hydrogen) atoms. The van der Waals surface area contributed by atoms with Crippen LogP contribution in [-0.4, -0.2) is 9.13 Å². The second kappa shape index (κ2) is 14.4. The maximum atomic E-state index is 14.0. The summed E-state index contributed by atoms with van der Waals surface area (Å²) < 4.78 is 46.3. The van der Waals surface area contributed by atoms with Crippen molar-refractivity contribution >= 4 is 49.3 Å². The third-order valence-electron chi connectivity index (χ3n) is 12.2. The van der Waals surface area contributed by atoms with Crippen LogP contribution in [0.25, 0.3) is 93.2 Å². The van der Waals surface area contributed by atoms with Crippen molar-refractivity contribution in [3.8, 4) is 50.8 Å². The van der Waals surface area contributed by atoms with Gasteiger partial charge in [0.05, 0.1) is 57.2 Å². The van der Waals surface area contributed by atoms with Gasteiger partial charge in [0.15, 0.2) is 5.69 Å². The molecule has 2 aromatic heterocycles. The highest BCUT2D eigenvalue weighted by Gasteiger charge is 2.32. The summed E-state index contributed by atoms with van der Waals surface area (Å²) >= 11 is 0. The Balaban J connectivity index is 1.32. The first kappa shape index (κ1) is 38.3. The smallest absolute Gasteiger partial charge is 0.308 e. The number of para-hydroxylation sites is 2. The van der Waals surface area contributed by atoms with E-state index in [2.05, 4.69) is 139 Å². The van der Waals surface area contributed by atoms with Gasteiger partial charge in [-0.3, -0.25) is 0 Å². The second-order valence-corrected chi connectivity index (χ2v) is 16.1. The maximum absolute atomic E-state index is 14.0. The fraction of sp³-hybridized carbons (Fsp3) is 0.0909. The minimum atomic E-state index is -4.64. The van der Waals surface area contributed by atoms with Crippen LogP contribution in [0.3, 0.4) is 0 Å². The van der Waals surface area contributed by atoms with Gasteiger partial charge in [-0.05, 0) is 133 Å². The number of fused-ring (bicyclic) bond motifs is 6. The van der Waals surface area contributed by atoms with Crippen molar-refractivity contribution in [2.75, 3.05) is 0 Å². The van der Waals surface area contributed by atoms with Gasteiger partial charge in [-0.2, -0.15) is 18.4 Å². The van der Waals surface area contributed by atoms with Gasteiger partial charge in [0.1, 0.15) is 0 Å². The number of aromatic nitrogens is 2. The van der Waals surface area contributed by atoms with Crippen LogP contribution in [0.4, 0.5) is 18.9 Å². The first-order valence-corrected chi connectivity index (χ1v) is 20.3. The van der Waals surface area contributed by atoms with Crippen molar-refractivity contribution in [1.29, 1.82) is 5.26 Å². The number of hydrogen-bond donors (Lipinski definition) is 0. The van der Waals surface area contributed by atoms with Crippen LogP contribution in [0.2, 0.25) is 0 Å². The molecule has 10 aromatic rings. The predicted molar refractivity (Wildman–Crippen MR) is 246 cm³/mol. The van der Waals surface area contributed by atoms with Crippen molar-refractivity contribution in [3.05, 3.63) is 196 Å². The van der Waals surface area contributed by atoms with Gasteiger partial charge in [0.2, 0.25) is 0 Å². The normalized spacial score (nSPS) is 11.8. The molecule has 0 bridgehead atoms. The summed E-state index contributed by atoms with van der Waals surface area (Å²) in [6.45, 7) is 16.9. The molecule has 10 rings (SSSR count). The van der Waals surface area contributed by atoms with Crippen molar-refractivity contribution in [1.82, 2.24) is 9.13 Å². The molecule has 0 spiro atoms. The first-order valence-electron chi connectivity index (χ1n) is 20.3. The summed E-state index contributed by atoms with van der Waals surface area (Å²) in [5.74, 6) is 0. The number of nitrogens with zero attached hydrogens (tertiary/aromatic N) is 4. The van der Waals surface area contributed by atoms with Gasteiger partial charge in [0, 0.05) is 21.5 Å². The van der Waals surface area contributed by atoms with Gasteiger partial charge >= 0.3 is 6.18 Å². The number of nitriles is 1. The average molecular weight is 811 g/mol. The Kier molecular flexibility index (Phi) is 8.91. The van der Waals surface area contributed by atoms with E-state index in [1.165, 1.54) is 28.3 Å². The predicted octanol–water partition coefficient (Wildman–Crippen LogP) is 15.6.